The van der Waals surface area contributed by atoms with E-state index in [-0.39, 0.29) is 10.8 Å². The quantitative estimate of drug-likeness (QED) is 0.447. The van der Waals surface area contributed by atoms with Crippen molar-refractivity contribution in [1.29, 1.82) is 10.5 Å². The Bertz CT molecular complexity index is 1430. The number of rotatable bonds is 6. The number of likely N-dealkylation sites (tertiary alicyclic amines) is 1. The number of fused-ring (bicyclic) bond motifs is 1. The molecule has 1 saturated carbocycles. The Labute approximate surface area is 224 Å². The second-order valence-corrected chi connectivity index (χ2v) is 11.6. The third kappa shape index (κ3) is 4.73. The fraction of sp³-hybridized carbons (Fsp3) is 0.480. The van der Waals surface area contributed by atoms with Gasteiger partial charge in [0.2, 0.25) is 5.95 Å². The number of alkyl halides is 1. The molecule has 3 fully saturated rings. The molecule has 12 heteroatoms. The highest BCUT2D eigenvalue weighted by atomic mass is 35.5. The molecular formula is C25H26Cl2N10. The van der Waals surface area contributed by atoms with Gasteiger partial charge in [0.25, 0.3) is 0 Å². The van der Waals surface area contributed by atoms with Crippen LogP contribution in [0.1, 0.15) is 43.9 Å². The van der Waals surface area contributed by atoms with E-state index >= 15 is 0 Å². The molecule has 1 aliphatic carbocycles. The second kappa shape index (κ2) is 9.21. The number of piperidine rings is 1. The predicted octanol–water partition coefficient (Wildman–Crippen LogP) is 4.12. The van der Waals surface area contributed by atoms with Crippen LogP contribution in [-0.4, -0.2) is 67.6 Å². The van der Waals surface area contributed by atoms with Crippen LogP contribution in [0.15, 0.2) is 18.3 Å². The zero-order valence-electron chi connectivity index (χ0n) is 20.4. The summed E-state index contributed by atoms with van der Waals surface area (Å²) < 4.78 is 1.47. The second-order valence-electron chi connectivity index (χ2n) is 10.3. The average molecular weight is 537 g/mol. The first-order valence-electron chi connectivity index (χ1n) is 12.4. The molecule has 0 spiro atoms. The van der Waals surface area contributed by atoms with E-state index in [4.69, 9.17) is 23.2 Å². The van der Waals surface area contributed by atoms with E-state index in [1.807, 2.05) is 6.07 Å². The summed E-state index contributed by atoms with van der Waals surface area (Å²) in [7, 11) is 0. The number of imidazole rings is 1. The summed E-state index contributed by atoms with van der Waals surface area (Å²) in [5.74, 6) is 0.809. The predicted molar refractivity (Wildman–Crippen MR) is 143 cm³/mol. The molecule has 6 rings (SSSR count). The van der Waals surface area contributed by atoms with Gasteiger partial charge in [-0.2, -0.15) is 20.0 Å². The molecule has 0 bridgehead atoms. The van der Waals surface area contributed by atoms with Gasteiger partial charge < -0.3 is 15.5 Å². The number of hydrogen-bond donors (Lipinski definition) is 2. The topological polar surface area (TPSA) is 121 Å². The Morgan fingerprint density at radius 2 is 1.86 bits per heavy atom. The standard InChI is InChI=1S/C25H26Cl2N10/c1-25(27)13-36(14-25)17-4-6-35(7-5-17)20-9-15(10-28)8-19(21(20)26)32-24-33-22(31-16-2-3-16)23-30-12-18(11-29)37(23)34-24/h8-9,12,16-17H,2-7,13-14H2,1H3,(H2,31,32,33,34). The molecule has 3 aliphatic rings. The van der Waals surface area contributed by atoms with Crippen LogP contribution in [0.5, 0.6) is 0 Å². The van der Waals surface area contributed by atoms with Crippen molar-refractivity contribution in [1.82, 2.24) is 24.5 Å². The minimum Gasteiger partial charge on any atom is -0.370 e. The Morgan fingerprint density at radius 1 is 1.11 bits per heavy atom. The van der Waals surface area contributed by atoms with E-state index in [2.05, 4.69) is 54.6 Å². The van der Waals surface area contributed by atoms with Gasteiger partial charge in [0.15, 0.2) is 17.2 Å². The van der Waals surface area contributed by atoms with Crippen LogP contribution in [0.2, 0.25) is 5.02 Å². The van der Waals surface area contributed by atoms with E-state index in [1.54, 1.807) is 6.07 Å². The molecule has 0 unspecified atom stereocenters. The third-order valence-corrected chi connectivity index (χ3v) is 7.85. The normalized spacial score (nSPS) is 19.8. The van der Waals surface area contributed by atoms with Gasteiger partial charge in [0, 0.05) is 38.3 Å². The summed E-state index contributed by atoms with van der Waals surface area (Å²) in [5, 5.41) is 30.8. The number of nitrogens with zero attached hydrogens (tertiary/aromatic N) is 8. The van der Waals surface area contributed by atoms with E-state index in [1.165, 1.54) is 10.7 Å². The number of hydrogen-bond acceptors (Lipinski definition) is 9. The molecule has 0 radical (unpaired) electrons. The van der Waals surface area contributed by atoms with Crippen molar-refractivity contribution in [2.75, 3.05) is 41.7 Å². The monoisotopic (exact) mass is 536 g/mol. The van der Waals surface area contributed by atoms with Crippen molar-refractivity contribution < 1.29 is 0 Å². The summed E-state index contributed by atoms with van der Waals surface area (Å²) in [4.78, 5) is 13.5. The van der Waals surface area contributed by atoms with Crippen LogP contribution >= 0.6 is 23.2 Å². The van der Waals surface area contributed by atoms with Gasteiger partial charge in [-0.05, 0) is 44.7 Å². The molecule has 0 amide bonds. The molecule has 37 heavy (non-hydrogen) atoms. The van der Waals surface area contributed by atoms with Crippen molar-refractivity contribution in [3.63, 3.8) is 0 Å². The Balaban J connectivity index is 1.27. The van der Waals surface area contributed by atoms with E-state index < -0.39 is 0 Å². The lowest BCUT2D eigenvalue weighted by Gasteiger charge is -2.50. The number of benzene rings is 1. The molecule has 2 aliphatic heterocycles. The van der Waals surface area contributed by atoms with Crippen LogP contribution in [0.25, 0.3) is 5.65 Å². The Hall–Kier alpha value is -3.31. The van der Waals surface area contributed by atoms with Gasteiger partial charge in [0.1, 0.15) is 6.07 Å². The highest BCUT2D eigenvalue weighted by Gasteiger charge is 2.41. The zero-order chi connectivity index (χ0) is 25.7. The van der Waals surface area contributed by atoms with Crippen molar-refractivity contribution in [3.05, 3.63) is 34.6 Å². The maximum Gasteiger partial charge on any atom is 0.247 e. The fourth-order valence-electron chi connectivity index (χ4n) is 5.17. The van der Waals surface area contributed by atoms with Crippen LogP contribution in [0, 0.1) is 22.7 Å². The van der Waals surface area contributed by atoms with Gasteiger partial charge >= 0.3 is 0 Å². The number of anilines is 4. The van der Waals surface area contributed by atoms with Crippen LogP contribution in [0.4, 0.5) is 23.1 Å². The van der Waals surface area contributed by atoms with Gasteiger partial charge in [0.05, 0.1) is 39.1 Å². The molecule has 3 aromatic rings. The number of halogens is 2. The van der Waals surface area contributed by atoms with Crippen molar-refractivity contribution in [2.45, 2.75) is 49.6 Å². The van der Waals surface area contributed by atoms with E-state index in [9.17, 15) is 10.5 Å². The van der Waals surface area contributed by atoms with Gasteiger partial charge in [-0.25, -0.2) is 4.98 Å². The first kappa shape index (κ1) is 24.1. The van der Waals surface area contributed by atoms with E-state index in [0.29, 0.717) is 45.5 Å². The van der Waals surface area contributed by atoms with Gasteiger partial charge in [-0.1, -0.05) is 11.6 Å². The first-order chi connectivity index (χ1) is 17.8. The summed E-state index contributed by atoms with van der Waals surface area (Å²) in [6, 6.07) is 8.74. The van der Waals surface area contributed by atoms with Crippen LogP contribution in [-0.2, 0) is 0 Å². The summed E-state index contributed by atoms with van der Waals surface area (Å²) >= 11 is 13.3. The number of nitrogens with one attached hydrogen (secondary N) is 2. The molecule has 190 valence electrons. The highest BCUT2D eigenvalue weighted by Crippen LogP contribution is 2.39. The lowest BCUT2D eigenvalue weighted by Crippen LogP contribution is -2.61. The molecule has 10 nitrogen and oxygen atoms in total. The molecule has 2 N–H and O–H groups in total. The number of aromatic nitrogens is 4. The maximum absolute atomic E-state index is 9.73. The highest BCUT2D eigenvalue weighted by molar-refractivity contribution is 6.36. The van der Waals surface area contributed by atoms with Crippen molar-refractivity contribution in [2.24, 2.45) is 0 Å². The lowest BCUT2D eigenvalue weighted by molar-refractivity contribution is 0.0656. The Kier molecular flexibility index (Phi) is 5.99. The van der Waals surface area contributed by atoms with Gasteiger partial charge in [-0.15, -0.1) is 16.7 Å². The maximum atomic E-state index is 9.73. The average Bonchev–Trinajstić information content (AvgIpc) is 3.59. The molecule has 1 aromatic carbocycles. The summed E-state index contributed by atoms with van der Waals surface area (Å²) in [6.07, 6.45) is 5.62. The lowest BCUT2D eigenvalue weighted by atomic mass is 9.93. The third-order valence-electron chi connectivity index (χ3n) is 7.21. The van der Waals surface area contributed by atoms with E-state index in [0.717, 1.165) is 57.5 Å². The van der Waals surface area contributed by atoms with Crippen molar-refractivity contribution >= 4 is 52.0 Å². The first-order valence-corrected chi connectivity index (χ1v) is 13.2. The molecule has 2 aromatic heterocycles. The fourth-order valence-corrected chi connectivity index (χ4v) is 5.76. The molecule has 2 saturated heterocycles. The minimum atomic E-state index is -0.105. The summed E-state index contributed by atoms with van der Waals surface area (Å²) in [6.45, 7) is 5.61. The molecule has 0 atom stereocenters. The van der Waals surface area contributed by atoms with Crippen LogP contribution in [0.3, 0.4) is 0 Å². The smallest absolute Gasteiger partial charge is 0.247 e. The largest absolute Gasteiger partial charge is 0.370 e. The minimum absolute atomic E-state index is 0.105. The number of nitriles is 2. The van der Waals surface area contributed by atoms with Crippen molar-refractivity contribution in [3.8, 4) is 12.1 Å². The molecular weight excluding hydrogens is 511 g/mol. The SMILES string of the molecule is CC1(Cl)CN(C2CCN(c3cc(C#N)cc(Nc4nc(NC5CC5)c5ncc(C#N)n5n4)c3Cl)CC2)C1. The Morgan fingerprint density at radius 3 is 2.51 bits per heavy atom. The van der Waals surface area contributed by atoms with Gasteiger partial charge in [-0.3, -0.25) is 4.90 Å². The zero-order valence-corrected chi connectivity index (χ0v) is 21.9. The molecule has 4 heterocycles. The van der Waals surface area contributed by atoms with Crippen LogP contribution < -0.4 is 15.5 Å². The summed E-state index contributed by atoms with van der Waals surface area (Å²) in [5.41, 5.74) is 2.63.